The zero-order valence-corrected chi connectivity index (χ0v) is 20.1. The van der Waals surface area contributed by atoms with Crippen molar-refractivity contribution in [2.75, 3.05) is 13.2 Å². The highest BCUT2D eigenvalue weighted by molar-refractivity contribution is 5.28. The molecule has 0 unspecified atom stereocenters. The Morgan fingerprint density at radius 3 is 2.06 bits per heavy atom. The second-order valence-corrected chi connectivity index (χ2v) is 10.8. The molecule has 0 amide bonds. The SMILES string of the molecule is CCCC1CCC(C2CCC(c3ccc(C4OCC(F)(CCC)CO4)cc3F)CC2)CC1. The van der Waals surface area contributed by atoms with Crippen molar-refractivity contribution in [1.82, 2.24) is 0 Å². The monoisotopic (exact) mass is 448 g/mol. The molecule has 0 N–H and O–H groups in total. The van der Waals surface area contributed by atoms with Gasteiger partial charge in [0.1, 0.15) is 5.82 Å². The van der Waals surface area contributed by atoms with Crippen molar-refractivity contribution in [2.24, 2.45) is 17.8 Å². The summed E-state index contributed by atoms with van der Waals surface area (Å²) in [5.74, 6) is 2.85. The lowest BCUT2D eigenvalue weighted by Gasteiger charge is -2.38. The first-order valence-electron chi connectivity index (χ1n) is 13.2. The van der Waals surface area contributed by atoms with Gasteiger partial charge >= 0.3 is 0 Å². The fourth-order valence-corrected chi connectivity index (χ4v) is 6.60. The molecule has 0 aromatic heterocycles. The van der Waals surface area contributed by atoms with E-state index in [0.29, 0.717) is 17.9 Å². The lowest BCUT2D eigenvalue weighted by molar-refractivity contribution is -0.239. The van der Waals surface area contributed by atoms with Gasteiger partial charge in [-0.15, -0.1) is 0 Å². The van der Waals surface area contributed by atoms with Crippen LogP contribution in [0, 0.1) is 23.6 Å². The van der Waals surface area contributed by atoms with Crippen molar-refractivity contribution in [1.29, 1.82) is 0 Å². The highest BCUT2D eigenvalue weighted by atomic mass is 19.1. The van der Waals surface area contributed by atoms with Gasteiger partial charge in [0, 0.05) is 5.56 Å². The van der Waals surface area contributed by atoms with Crippen LogP contribution in [0.1, 0.15) is 114 Å². The average molecular weight is 449 g/mol. The molecule has 1 heterocycles. The van der Waals surface area contributed by atoms with Gasteiger partial charge in [0.15, 0.2) is 12.0 Å². The second-order valence-electron chi connectivity index (χ2n) is 10.8. The van der Waals surface area contributed by atoms with Crippen LogP contribution < -0.4 is 0 Å². The minimum atomic E-state index is -1.42. The largest absolute Gasteiger partial charge is 0.345 e. The summed E-state index contributed by atoms with van der Waals surface area (Å²) in [5.41, 5.74) is 0.0697. The van der Waals surface area contributed by atoms with E-state index >= 15 is 4.39 Å². The maximum Gasteiger partial charge on any atom is 0.184 e. The highest BCUT2D eigenvalue weighted by Crippen LogP contribution is 2.45. The molecule has 32 heavy (non-hydrogen) atoms. The normalized spacial score (nSPS) is 36.2. The molecule has 0 radical (unpaired) electrons. The van der Waals surface area contributed by atoms with E-state index in [-0.39, 0.29) is 19.0 Å². The third-order valence-electron chi connectivity index (χ3n) is 8.45. The second kappa shape index (κ2) is 11.0. The van der Waals surface area contributed by atoms with E-state index in [9.17, 15) is 4.39 Å². The molecule has 0 bridgehead atoms. The van der Waals surface area contributed by atoms with Crippen molar-refractivity contribution < 1.29 is 18.3 Å². The van der Waals surface area contributed by atoms with Gasteiger partial charge in [0.25, 0.3) is 0 Å². The summed E-state index contributed by atoms with van der Waals surface area (Å²) in [6.45, 7) is 4.28. The fraction of sp³-hybridized carbons (Fsp3) is 0.786. The predicted octanol–water partition coefficient (Wildman–Crippen LogP) is 8.26. The molecule has 1 saturated heterocycles. The molecule has 2 nitrogen and oxygen atoms in total. The Morgan fingerprint density at radius 1 is 0.875 bits per heavy atom. The molecule has 0 atom stereocenters. The number of halogens is 2. The molecular formula is C28H42F2O2. The predicted molar refractivity (Wildman–Crippen MR) is 125 cm³/mol. The minimum absolute atomic E-state index is 0.0131. The van der Waals surface area contributed by atoms with Gasteiger partial charge < -0.3 is 9.47 Å². The zero-order valence-electron chi connectivity index (χ0n) is 20.1. The first kappa shape index (κ1) is 24.1. The summed E-state index contributed by atoms with van der Waals surface area (Å²) in [6, 6.07) is 5.38. The summed E-state index contributed by atoms with van der Waals surface area (Å²) >= 11 is 0. The van der Waals surface area contributed by atoms with Crippen LogP contribution >= 0.6 is 0 Å². The van der Waals surface area contributed by atoms with Crippen molar-refractivity contribution in [2.45, 2.75) is 109 Å². The van der Waals surface area contributed by atoms with E-state index in [1.165, 1.54) is 51.4 Å². The van der Waals surface area contributed by atoms with E-state index in [1.54, 1.807) is 6.07 Å². The van der Waals surface area contributed by atoms with Crippen molar-refractivity contribution in [3.63, 3.8) is 0 Å². The lowest BCUT2D eigenvalue weighted by atomic mass is 9.68. The molecule has 3 aliphatic rings. The van der Waals surface area contributed by atoms with Gasteiger partial charge in [-0.3, -0.25) is 0 Å². The molecule has 0 spiro atoms. The van der Waals surface area contributed by atoms with E-state index < -0.39 is 12.0 Å². The summed E-state index contributed by atoms with van der Waals surface area (Å²) in [5, 5.41) is 0. The number of hydrogen-bond donors (Lipinski definition) is 0. The van der Waals surface area contributed by atoms with E-state index in [1.807, 2.05) is 19.1 Å². The summed E-state index contributed by atoms with van der Waals surface area (Å²) in [6.07, 6.45) is 13.5. The van der Waals surface area contributed by atoms with Gasteiger partial charge in [-0.25, -0.2) is 8.78 Å². The Hall–Kier alpha value is -1.00. The third kappa shape index (κ3) is 5.73. The van der Waals surface area contributed by atoms with Gasteiger partial charge in [-0.05, 0) is 80.2 Å². The summed E-state index contributed by atoms with van der Waals surface area (Å²) < 4.78 is 40.8. The van der Waals surface area contributed by atoms with Gasteiger partial charge in [-0.2, -0.15) is 0 Å². The quantitative estimate of drug-likeness (QED) is 0.418. The maximum atomic E-state index is 15.0. The Labute approximate surface area is 193 Å². The van der Waals surface area contributed by atoms with Gasteiger partial charge in [0.2, 0.25) is 0 Å². The fourth-order valence-electron chi connectivity index (χ4n) is 6.60. The zero-order chi connectivity index (χ0) is 22.6. The smallest absolute Gasteiger partial charge is 0.184 e. The van der Waals surface area contributed by atoms with E-state index in [2.05, 4.69) is 6.92 Å². The molecule has 3 fully saturated rings. The van der Waals surface area contributed by atoms with Gasteiger partial charge in [0.05, 0.1) is 13.2 Å². The standard InChI is InChI=1S/C28H42F2O2/c1-3-5-20-6-8-21(9-7-20)22-10-12-23(13-11-22)25-15-14-24(17-26(25)29)27-31-18-28(30,16-4-2)19-32-27/h14-15,17,20-23,27H,3-13,16,18-19H2,1-2H3. The average Bonchev–Trinajstić information content (AvgIpc) is 2.80. The van der Waals surface area contributed by atoms with Crippen molar-refractivity contribution in [3.05, 3.63) is 35.1 Å². The van der Waals surface area contributed by atoms with Crippen LogP contribution in [0.4, 0.5) is 8.78 Å². The van der Waals surface area contributed by atoms with Crippen LogP contribution in [0.2, 0.25) is 0 Å². The first-order chi connectivity index (χ1) is 15.5. The summed E-state index contributed by atoms with van der Waals surface area (Å²) in [7, 11) is 0. The molecule has 2 aliphatic carbocycles. The number of rotatable bonds is 7. The lowest BCUT2D eigenvalue weighted by Crippen LogP contribution is -2.41. The molecular weight excluding hydrogens is 406 g/mol. The van der Waals surface area contributed by atoms with Crippen LogP contribution in [-0.2, 0) is 9.47 Å². The van der Waals surface area contributed by atoms with E-state index in [0.717, 1.165) is 42.6 Å². The highest BCUT2D eigenvalue weighted by Gasteiger charge is 2.37. The molecule has 180 valence electrons. The number of alkyl halides is 1. The van der Waals surface area contributed by atoms with Gasteiger partial charge in [-0.1, -0.05) is 58.1 Å². The molecule has 2 saturated carbocycles. The molecule has 1 aromatic rings. The molecule has 1 aliphatic heterocycles. The first-order valence-corrected chi connectivity index (χ1v) is 13.2. The van der Waals surface area contributed by atoms with Crippen LogP contribution in [0.3, 0.4) is 0 Å². The van der Waals surface area contributed by atoms with Crippen molar-refractivity contribution in [3.8, 4) is 0 Å². The Morgan fingerprint density at radius 2 is 1.50 bits per heavy atom. The van der Waals surface area contributed by atoms with Crippen LogP contribution in [-0.4, -0.2) is 18.9 Å². The van der Waals surface area contributed by atoms with Crippen molar-refractivity contribution >= 4 is 0 Å². The van der Waals surface area contributed by atoms with Crippen LogP contribution in [0.5, 0.6) is 0 Å². The summed E-state index contributed by atoms with van der Waals surface area (Å²) in [4.78, 5) is 0. The number of hydrogen-bond acceptors (Lipinski definition) is 2. The Balaban J connectivity index is 1.28. The molecule has 4 rings (SSSR count). The minimum Gasteiger partial charge on any atom is -0.345 e. The molecule has 1 aromatic carbocycles. The number of ether oxygens (including phenoxy) is 2. The topological polar surface area (TPSA) is 18.5 Å². The Kier molecular flexibility index (Phi) is 8.26. The number of benzene rings is 1. The van der Waals surface area contributed by atoms with Crippen LogP contribution in [0.15, 0.2) is 18.2 Å². The Bertz CT molecular complexity index is 712. The molecule has 4 heteroatoms. The van der Waals surface area contributed by atoms with Crippen LogP contribution in [0.25, 0.3) is 0 Å². The maximum absolute atomic E-state index is 15.0. The van der Waals surface area contributed by atoms with E-state index in [4.69, 9.17) is 9.47 Å². The third-order valence-corrected chi connectivity index (χ3v) is 8.45.